The lowest BCUT2D eigenvalue weighted by atomic mass is 9.98. The first-order valence-electron chi connectivity index (χ1n) is 19.7. The fraction of sp³-hybridized carbons (Fsp3) is 0.591. The molecule has 262 valence electrons. The standard InChI is InChI=1S/C44H62S4/c1-5-7-9-11-13-15-17-19-21-23-25-35-37-31-40-38(32-39(37)47-43(35)41-33(3)27-29-45-41)36(44(48-40)42-34(4)28-30-46-42)26-24-22-20-18-16-14-12-10-8-6-2/h27-32H,5-26H2,1-4H3. The smallest absolute Gasteiger partial charge is 0.0489 e. The summed E-state index contributed by atoms with van der Waals surface area (Å²) >= 11 is 8.03. The van der Waals surface area contributed by atoms with Gasteiger partial charge in [-0.15, -0.1) is 45.3 Å². The number of unbranched alkanes of at least 4 members (excludes halogenated alkanes) is 18. The van der Waals surface area contributed by atoms with Crippen LogP contribution in [0.2, 0.25) is 0 Å². The molecule has 0 spiro atoms. The molecule has 0 fully saturated rings. The number of aryl methyl sites for hydroxylation is 4. The van der Waals surface area contributed by atoms with E-state index in [-0.39, 0.29) is 0 Å². The fourth-order valence-electron chi connectivity index (χ4n) is 7.44. The predicted molar refractivity (Wildman–Crippen MR) is 224 cm³/mol. The molecule has 5 rings (SSSR count). The number of fused-ring (bicyclic) bond motifs is 2. The van der Waals surface area contributed by atoms with Gasteiger partial charge in [-0.25, -0.2) is 0 Å². The van der Waals surface area contributed by atoms with Crippen molar-refractivity contribution in [1.29, 1.82) is 0 Å². The number of hydrogen-bond acceptors (Lipinski definition) is 4. The monoisotopic (exact) mass is 718 g/mol. The van der Waals surface area contributed by atoms with Gasteiger partial charge in [0, 0.05) is 28.9 Å². The van der Waals surface area contributed by atoms with Crippen molar-refractivity contribution in [3.05, 3.63) is 57.3 Å². The van der Waals surface area contributed by atoms with Crippen LogP contribution in [0.5, 0.6) is 0 Å². The summed E-state index contributed by atoms with van der Waals surface area (Å²) in [5.74, 6) is 0. The Morgan fingerprint density at radius 1 is 0.417 bits per heavy atom. The molecule has 0 aliphatic rings. The molecule has 0 unspecified atom stereocenters. The van der Waals surface area contributed by atoms with E-state index in [1.165, 1.54) is 182 Å². The van der Waals surface area contributed by atoms with E-state index >= 15 is 0 Å². The van der Waals surface area contributed by atoms with Crippen molar-refractivity contribution >= 4 is 65.5 Å². The Bertz CT molecular complexity index is 1520. The van der Waals surface area contributed by atoms with Gasteiger partial charge >= 0.3 is 0 Å². The molecule has 0 aliphatic carbocycles. The Kier molecular flexibility index (Phi) is 16.1. The molecule has 0 atom stereocenters. The Labute approximate surface area is 309 Å². The van der Waals surface area contributed by atoms with Crippen molar-refractivity contribution in [2.75, 3.05) is 0 Å². The third kappa shape index (κ3) is 10.3. The highest BCUT2D eigenvalue weighted by molar-refractivity contribution is 7.27. The van der Waals surface area contributed by atoms with Crippen LogP contribution in [0.4, 0.5) is 0 Å². The predicted octanol–water partition coefficient (Wildman–Crippen LogP) is 17.1. The summed E-state index contributed by atoms with van der Waals surface area (Å²) < 4.78 is 3.01. The number of benzene rings is 1. The van der Waals surface area contributed by atoms with Gasteiger partial charge in [-0.05, 0) is 108 Å². The molecule has 0 saturated heterocycles. The van der Waals surface area contributed by atoms with Crippen LogP contribution in [0.15, 0.2) is 35.0 Å². The molecule has 0 nitrogen and oxygen atoms in total. The lowest BCUT2D eigenvalue weighted by molar-refractivity contribution is 0.556. The summed E-state index contributed by atoms with van der Waals surface area (Å²) in [4.78, 5) is 6.11. The van der Waals surface area contributed by atoms with Crippen LogP contribution >= 0.6 is 45.3 Å². The van der Waals surface area contributed by atoms with Gasteiger partial charge in [0.05, 0.1) is 0 Å². The lowest BCUT2D eigenvalue weighted by Gasteiger charge is -2.07. The van der Waals surface area contributed by atoms with Gasteiger partial charge in [0.15, 0.2) is 0 Å². The van der Waals surface area contributed by atoms with Gasteiger partial charge in [0.1, 0.15) is 0 Å². The third-order valence-corrected chi connectivity index (χ3v) is 15.2. The largest absolute Gasteiger partial charge is 0.143 e. The van der Waals surface area contributed by atoms with E-state index in [2.05, 4.69) is 85.4 Å². The zero-order valence-corrected chi connectivity index (χ0v) is 33.9. The molecule has 4 heteroatoms. The van der Waals surface area contributed by atoms with Crippen molar-refractivity contribution in [3.63, 3.8) is 0 Å². The van der Waals surface area contributed by atoms with Crippen molar-refractivity contribution < 1.29 is 0 Å². The normalized spacial score (nSPS) is 11.9. The van der Waals surface area contributed by atoms with Gasteiger partial charge in [-0.1, -0.05) is 129 Å². The minimum atomic E-state index is 1.21. The van der Waals surface area contributed by atoms with Gasteiger partial charge in [0.2, 0.25) is 0 Å². The summed E-state index contributed by atoms with van der Waals surface area (Å²) in [6, 6.07) is 9.84. The van der Waals surface area contributed by atoms with Crippen LogP contribution in [-0.4, -0.2) is 0 Å². The highest BCUT2D eigenvalue weighted by Crippen LogP contribution is 2.48. The molecule has 5 aromatic rings. The quantitative estimate of drug-likeness (QED) is 0.0557. The topological polar surface area (TPSA) is 0 Å². The van der Waals surface area contributed by atoms with Crippen molar-refractivity contribution in [1.82, 2.24) is 0 Å². The van der Waals surface area contributed by atoms with E-state index in [1.807, 2.05) is 22.7 Å². The second-order valence-corrected chi connectivity index (χ2v) is 18.3. The molecule has 4 aromatic heterocycles. The zero-order chi connectivity index (χ0) is 33.6. The summed E-state index contributed by atoms with van der Waals surface area (Å²) in [5, 5.41) is 7.65. The Morgan fingerprint density at radius 3 is 1.06 bits per heavy atom. The lowest BCUT2D eigenvalue weighted by Crippen LogP contribution is -1.89. The average molecular weight is 719 g/mol. The first-order valence-corrected chi connectivity index (χ1v) is 23.1. The second kappa shape index (κ2) is 20.4. The SMILES string of the molecule is CCCCCCCCCCCCc1c(-c2sccc2C)sc2cc3c(CCCCCCCCCCCC)c(-c4sccc4C)sc3cc12. The summed E-state index contributed by atoms with van der Waals surface area (Å²) in [6.45, 7) is 9.23. The van der Waals surface area contributed by atoms with Crippen molar-refractivity contribution in [2.24, 2.45) is 0 Å². The maximum Gasteiger partial charge on any atom is 0.0489 e. The Morgan fingerprint density at radius 2 is 0.750 bits per heavy atom. The zero-order valence-electron chi connectivity index (χ0n) is 30.7. The van der Waals surface area contributed by atoms with Crippen LogP contribution in [0.3, 0.4) is 0 Å². The first kappa shape index (κ1) is 37.8. The molecule has 48 heavy (non-hydrogen) atoms. The Hall–Kier alpha value is -1.46. The van der Waals surface area contributed by atoms with E-state index in [0.717, 1.165) is 0 Å². The fourth-order valence-corrected chi connectivity index (χ4v) is 12.3. The highest BCUT2D eigenvalue weighted by Gasteiger charge is 2.21. The molecule has 0 N–H and O–H groups in total. The van der Waals surface area contributed by atoms with Gasteiger partial charge in [0.25, 0.3) is 0 Å². The third-order valence-electron chi connectivity index (χ3n) is 10.4. The summed E-state index contributed by atoms with van der Waals surface area (Å²) in [5.41, 5.74) is 6.13. The summed E-state index contributed by atoms with van der Waals surface area (Å²) in [6.07, 6.45) is 30.3. The molecule has 0 aliphatic heterocycles. The molecule has 0 saturated carbocycles. The van der Waals surface area contributed by atoms with E-state index in [1.54, 1.807) is 20.9 Å². The maximum absolute atomic E-state index is 2.61. The minimum Gasteiger partial charge on any atom is -0.143 e. The molecule has 0 radical (unpaired) electrons. The summed E-state index contributed by atoms with van der Waals surface area (Å²) in [7, 11) is 0. The number of rotatable bonds is 24. The van der Waals surface area contributed by atoms with Gasteiger partial charge in [-0.2, -0.15) is 0 Å². The molecule has 0 amide bonds. The maximum atomic E-state index is 2.61. The molecular formula is C44H62S4. The van der Waals surface area contributed by atoms with Crippen molar-refractivity contribution in [3.8, 4) is 19.5 Å². The van der Waals surface area contributed by atoms with Crippen LogP contribution < -0.4 is 0 Å². The Balaban J connectivity index is 1.32. The van der Waals surface area contributed by atoms with E-state index in [0.29, 0.717) is 0 Å². The van der Waals surface area contributed by atoms with Gasteiger partial charge in [-0.3, -0.25) is 0 Å². The van der Waals surface area contributed by atoms with Crippen molar-refractivity contribution in [2.45, 2.75) is 169 Å². The highest BCUT2D eigenvalue weighted by atomic mass is 32.1. The molecule has 1 aromatic carbocycles. The van der Waals surface area contributed by atoms with E-state index in [9.17, 15) is 0 Å². The first-order chi connectivity index (χ1) is 23.6. The number of hydrogen-bond donors (Lipinski definition) is 0. The van der Waals surface area contributed by atoms with Crippen LogP contribution in [0, 0.1) is 13.8 Å². The van der Waals surface area contributed by atoms with Crippen LogP contribution in [0.25, 0.3) is 39.7 Å². The van der Waals surface area contributed by atoms with Crippen LogP contribution in [0.1, 0.15) is 165 Å². The van der Waals surface area contributed by atoms with Crippen LogP contribution in [-0.2, 0) is 12.8 Å². The van der Waals surface area contributed by atoms with Gasteiger partial charge < -0.3 is 0 Å². The molecular weight excluding hydrogens is 657 g/mol. The number of thiophene rings is 4. The average Bonchev–Trinajstić information content (AvgIpc) is 3.87. The molecule has 0 bridgehead atoms. The van der Waals surface area contributed by atoms with E-state index in [4.69, 9.17) is 0 Å². The second-order valence-electron chi connectivity index (χ2n) is 14.4. The van der Waals surface area contributed by atoms with E-state index < -0.39 is 0 Å². The minimum absolute atomic E-state index is 1.21. The molecule has 4 heterocycles.